The van der Waals surface area contributed by atoms with Crippen LogP contribution < -0.4 is 10.0 Å². The topological polar surface area (TPSA) is 87.7 Å². The number of benzene rings is 1. The summed E-state index contributed by atoms with van der Waals surface area (Å²) in [7, 11) is -0.427. The van der Waals surface area contributed by atoms with Gasteiger partial charge in [0.05, 0.1) is 17.1 Å². The third kappa shape index (κ3) is 4.03. The monoisotopic (exact) mass is 367 g/mol. The Balaban J connectivity index is 1.72. The lowest BCUT2D eigenvalue weighted by Gasteiger charge is -2.32. The fourth-order valence-corrected chi connectivity index (χ4v) is 4.76. The molecule has 138 valence electrons. The minimum Gasteiger partial charge on any atom is -0.373 e. The summed E-state index contributed by atoms with van der Waals surface area (Å²) in [5.41, 5.74) is 0.145. The molecule has 25 heavy (non-hydrogen) atoms. The molecule has 2 heterocycles. The van der Waals surface area contributed by atoms with Crippen LogP contribution in [0, 0.1) is 0 Å². The van der Waals surface area contributed by atoms with Crippen molar-refractivity contribution in [3.63, 3.8) is 0 Å². The standard InChI is InChI=1S/C17H25N3O4S/c1-20(2)16(21)13-4-3-5-15(10-13)25(22,23)19-14-11-17(24-12-14)6-8-18-9-7-17/h3-5,10,14,18-19H,6-9,11-12H2,1-2H3/t14-/m0/s1. The zero-order valence-electron chi connectivity index (χ0n) is 14.6. The third-order valence-electron chi connectivity index (χ3n) is 4.84. The van der Waals surface area contributed by atoms with Crippen LogP contribution in [0.4, 0.5) is 0 Å². The van der Waals surface area contributed by atoms with Gasteiger partial charge in [0.1, 0.15) is 0 Å². The number of carbonyl (C=O) groups is 1. The van der Waals surface area contributed by atoms with Crippen molar-refractivity contribution < 1.29 is 17.9 Å². The third-order valence-corrected chi connectivity index (χ3v) is 6.36. The Morgan fingerprint density at radius 2 is 2.04 bits per heavy atom. The first-order valence-electron chi connectivity index (χ1n) is 8.50. The highest BCUT2D eigenvalue weighted by atomic mass is 32.2. The summed E-state index contributed by atoms with van der Waals surface area (Å²) >= 11 is 0. The van der Waals surface area contributed by atoms with Crippen LogP contribution in [-0.2, 0) is 14.8 Å². The van der Waals surface area contributed by atoms with Crippen LogP contribution >= 0.6 is 0 Å². The first-order chi connectivity index (χ1) is 11.8. The van der Waals surface area contributed by atoms with Crippen LogP contribution in [0.1, 0.15) is 29.6 Å². The van der Waals surface area contributed by atoms with Gasteiger partial charge in [-0.25, -0.2) is 13.1 Å². The van der Waals surface area contributed by atoms with Crippen molar-refractivity contribution in [3.05, 3.63) is 29.8 Å². The van der Waals surface area contributed by atoms with E-state index >= 15 is 0 Å². The maximum absolute atomic E-state index is 12.7. The number of sulfonamides is 1. The second kappa shape index (κ2) is 7.03. The van der Waals surface area contributed by atoms with E-state index in [9.17, 15) is 13.2 Å². The highest BCUT2D eigenvalue weighted by molar-refractivity contribution is 7.89. The Bertz CT molecular complexity index is 742. The Hall–Kier alpha value is -1.48. The molecule has 2 aliphatic rings. The van der Waals surface area contributed by atoms with Crippen LogP contribution in [0.2, 0.25) is 0 Å². The van der Waals surface area contributed by atoms with Gasteiger partial charge < -0.3 is 15.0 Å². The molecular weight excluding hydrogens is 342 g/mol. The molecule has 0 radical (unpaired) electrons. The van der Waals surface area contributed by atoms with Gasteiger partial charge in [0.15, 0.2) is 0 Å². The summed E-state index contributed by atoms with van der Waals surface area (Å²) in [4.78, 5) is 13.6. The van der Waals surface area contributed by atoms with Crippen molar-refractivity contribution in [2.45, 2.75) is 35.8 Å². The number of rotatable bonds is 4. The Morgan fingerprint density at radius 3 is 2.72 bits per heavy atom. The smallest absolute Gasteiger partial charge is 0.253 e. The van der Waals surface area contributed by atoms with Gasteiger partial charge in [-0.15, -0.1) is 0 Å². The molecule has 1 aromatic carbocycles. The molecule has 2 saturated heterocycles. The number of nitrogens with zero attached hydrogens (tertiary/aromatic N) is 1. The van der Waals surface area contributed by atoms with Gasteiger partial charge in [-0.1, -0.05) is 6.07 Å². The van der Waals surface area contributed by atoms with E-state index in [2.05, 4.69) is 10.0 Å². The van der Waals surface area contributed by atoms with Crippen molar-refractivity contribution in [1.29, 1.82) is 0 Å². The maximum atomic E-state index is 12.7. The Kier molecular flexibility index (Phi) is 5.15. The molecule has 2 aliphatic heterocycles. The molecule has 1 spiro atoms. The first-order valence-corrected chi connectivity index (χ1v) is 9.98. The molecule has 0 aliphatic carbocycles. The fourth-order valence-electron chi connectivity index (χ4n) is 3.49. The summed E-state index contributed by atoms with van der Waals surface area (Å²) in [5.74, 6) is -0.227. The Labute approximate surface area is 148 Å². The average Bonchev–Trinajstić information content (AvgIpc) is 2.96. The van der Waals surface area contributed by atoms with Crippen molar-refractivity contribution >= 4 is 15.9 Å². The van der Waals surface area contributed by atoms with Gasteiger partial charge >= 0.3 is 0 Å². The largest absolute Gasteiger partial charge is 0.373 e. The van der Waals surface area contributed by atoms with Crippen molar-refractivity contribution in [3.8, 4) is 0 Å². The zero-order chi connectivity index (χ0) is 18.1. The quantitative estimate of drug-likeness (QED) is 0.813. The van der Waals surface area contributed by atoms with Crippen LogP contribution in [0.25, 0.3) is 0 Å². The summed E-state index contributed by atoms with van der Waals surface area (Å²) in [6, 6.07) is 5.89. The summed E-state index contributed by atoms with van der Waals surface area (Å²) < 4.78 is 34.1. The molecule has 1 aromatic rings. The van der Waals surface area contributed by atoms with Gasteiger partial charge in [0, 0.05) is 25.7 Å². The summed E-state index contributed by atoms with van der Waals surface area (Å²) in [5, 5.41) is 3.30. The number of nitrogens with one attached hydrogen (secondary N) is 2. The minimum absolute atomic E-state index is 0.103. The molecule has 0 aromatic heterocycles. The number of hydrogen-bond donors (Lipinski definition) is 2. The maximum Gasteiger partial charge on any atom is 0.253 e. The first kappa shape index (κ1) is 18.3. The highest BCUT2D eigenvalue weighted by Gasteiger charge is 2.42. The zero-order valence-corrected chi connectivity index (χ0v) is 15.4. The van der Waals surface area contributed by atoms with Crippen molar-refractivity contribution in [2.75, 3.05) is 33.8 Å². The lowest BCUT2D eigenvalue weighted by molar-refractivity contribution is -0.0193. The van der Waals surface area contributed by atoms with E-state index < -0.39 is 10.0 Å². The lowest BCUT2D eigenvalue weighted by atomic mass is 9.88. The van der Waals surface area contributed by atoms with Gasteiger partial charge in [0.25, 0.3) is 5.91 Å². The molecule has 0 saturated carbocycles. The molecular formula is C17H25N3O4S. The van der Waals surface area contributed by atoms with E-state index in [1.165, 1.54) is 17.0 Å². The van der Waals surface area contributed by atoms with Crippen LogP contribution in [0.3, 0.4) is 0 Å². The predicted octanol–water partition coefficient (Wildman–Crippen LogP) is 0.578. The molecule has 8 heteroatoms. The molecule has 2 N–H and O–H groups in total. The fraction of sp³-hybridized carbons (Fsp3) is 0.588. The second-order valence-electron chi connectivity index (χ2n) is 6.99. The van der Waals surface area contributed by atoms with E-state index in [4.69, 9.17) is 4.74 Å². The lowest BCUT2D eigenvalue weighted by Crippen LogP contribution is -2.43. The molecule has 1 amide bonds. The van der Waals surface area contributed by atoms with E-state index in [0.29, 0.717) is 18.6 Å². The average molecular weight is 367 g/mol. The SMILES string of the molecule is CN(C)C(=O)c1cccc(S(=O)(=O)N[C@@H]2COC3(CCNCC3)C2)c1. The molecule has 3 rings (SSSR count). The number of carbonyl (C=O) groups excluding carboxylic acids is 1. The number of piperidine rings is 1. The molecule has 0 unspecified atom stereocenters. The molecule has 1 atom stereocenters. The van der Waals surface area contributed by atoms with Gasteiger partial charge in [-0.2, -0.15) is 0 Å². The second-order valence-corrected chi connectivity index (χ2v) is 8.71. The normalized spacial score (nSPS) is 22.9. The van der Waals surface area contributed by atoms with Crippen molar-refractivity contribution in [1.82, 2.24) is 14.9 Å². The van der Waals surface area contributed by atoms with Crippen LogP contribution in [-0.4, -0.2) is 64.7 Å². The van der Waals surface area contributed by atoms with Gasteiger partial charge in [-0.05, 0) is 50.6 Å². The predicted molar refractivity (Wildman–Crippen MR) is 94.0 cm³/mol. The van der Waals surface area contributed by atoms with Crippen molar-refractivity contribution in [2.24, 2.45) is 0 Å². The number of amides is 1. The number of ether oxygens (including phenoxy) is 1. The minimum atomic E-state index is -3.70. The molecule has 0 bridgehead atoms. The molecule has 7 nitrogen and oxygen atoms in total. The van der Waals surface area contributed by atoms with E-state index in [-0.39, 0.29) is 22.4 Å². The molecule has 2 fully saturated rings. The van der Waals surface area contributed by atoms with Crippen LogP contribution in [0.15, 0.2) is 29.2 Å². The summed E-state index contributed by atoms with van der Waals surface area (Å²) in [6.07, 6.45) is 2.49. The van der Waals surface area contributed by atoms with Gasteiger partial charge in [-0.3, -0.25) is 4.79 Å². The summed E-state index contributed by atoms with van der Waals surface area (Å²) in [6.45, 7) is 2.18. The number of hydrogen-bond acceptors (Lipinski definition) is 5. The highest BCUT2D eigenvalue weighted by Crippen LogP contribution is 2.34. The Morgan fingerprint density at radius 1 is 1.32 bits per heavy atom. The van der Waals surface area contributed by atoms with Crippen LogP contribution in [0.5, 0.6) is 0 Å². The van der Waals surface area contributed by atoms with E-state index in [0.717, 1.165) is 25.9 Å². The van der Waals surface area contributed by atoms with E-state index in [1.54, 1.807) is 26.2 Å². The van der Waals surface area contributed by atoms with Gasteiger partial charge in [0.2, 0.25) is 10.0 Å². The van der Waals surface area contributed by atoms with E-state index in [1.807, 2.05) is 0 Å².